The van der Waals surface area contributed by atoms with Gasteiger partial charge < -0.3 is 9.15 Å². The summed E-state index contributed by atoms with van der Waals surface area (Å²) in [6, 6.07) is 14.6. The lowest BCUT2D eigenvalue weighted by Crippen LogP contribution is -2.35. The first-order chi connectivity index (χ1) is 11.3. The smallest absolute Gasteiger partial charge is 0.227 e. The van der Waals surface area contributed by atoms with Crippen molar-refractivity contribution >= 4 is 10.8 Å². The van der Waals surface area contributed by atoms with Gasteiger partial charge in [-0.2, -0.15) is 0 Å². The molecule has 23 heavy (non-hydrogen) atoms. The molecule has 4 heteroatoms. The number of hydrogen-bond acceptors (Lipinski definition) is 4. The zero-order valence-electron chi connectivity index (χ0n) is 13.3. The molecule has 0 spiro atoms. The third-order valence-corrected chi connectivity index (χ3v) is 4.39. The Kier molecular flexibility index (Phi) is 3.85. The molecule has 3 aromatic rings. The lowest BCUT2D eigenvalue weighted by Gasteiger charge is -2.25. The molecule has 0 unspecified atom stereocenters. The number of ether oxygens (including phenoxy) is 1. The normalized spacial score (nSPS) is 16.0. The number of benzene rings is 2. The summed E-state index contributed by atoms with van der Waals surface area (Å²) in [6.45, 7) is 6.33. The Morgan fingerprint density at radius 3 is 2.70 bits per heavy atom. The molecule has 1 aromatic heterocycles. The van der Waals surface area contributed by atoms with E-state index in [1.807, 2.05) is 6.92 Å². The van der Waals surface area contributed by atoms with Crippen LogP contribution in [0.3, 0.4) is 0 Å². The van der Waals surface area contributed by atoms with Gasteiger partial charge in [-0.05, 0) is 23.8 Å². The first-order valence-electron chi connectivity index (χ1n) is 8.06. The van der Waals surface area contributed by atoms with Crippen LogP contribution in [0, 0.1) is 6.92 Å². The van der Waals surface area contributed by atoms with E-state index in [1.165, 1.54) is 10.8 Å². The summed E-state index contributed by atoms with van der Waals surface area (Å²) in [4.78, 5) is 7.14. The van der Waals surface area contributed by atoms with Gasteiger partial charge in [-0.25, -0.2) is 4.98 Å². The predicted molar refractivity (Wildman–Crippen MR) is 90.3 cm³/mol. The van der Waals surface area contributed by atoms with Crippen molar-refractivity contribution in [3.8, 4) is 11.5 Å². The molecule has 0 saturated carbocycles. The average Bonchev–Trinajstić information content (AvgIpc) is 2.96. The monoisotopic (exact) mass is 308 g/mol. The summed E-state index contributed by atoms with van der Waals surface area (Å²) >= 11 is 0. The fourth-order valence-electron chi connectivity index (χ4n) is 3.07. The predicted octanol–water partition coefficient (Wildman–Crippen LogP) is 3.64. The van der Waals surface area contributed by atoms with E-state index in [9.17, 15) is 0 Å². The maximum absolute atomic E-state index is 5.98. The van der Waals surface area contributed by atoms with Crippen molar-refractivity contribution in [2.75, 3.05) is 26.3 Å². The number of rotatable bonds is 3. The number of nitrogens with zero attached hydrogens (tertiary/aromatic N) is 2. The second-order valence-electron chi connectivity index (χ2n) is 5.94. The summed E-state index contributed by atoms with van der Waals surface area (Å²) in [5, 5.41) is 2.38. The zero-order valence-corrected chi connectivity index (χ0v) is 13.3. The molecular weight excluding hydrogens is 288 g/mol. The van der Waals surface area contributed by atoms with E-state index in [0.717, 1.165) is 49.9 Å². The van der Waals surface area contributed by atoms with Crippen LogP contribution >= 0.6 is 0 Å². The van der Waals surface area contributed by atoms with Crippen LogP contribution < -0.4 is 0 Å². The molecule has 1 fully saturated rings. The number of aromatic nitrogens is 1. The molecule has 0 amide bonds. The number of oxazole rings is 1. The minimum absolute atomic E-state index is 0.711. The molecule has 0 N–H and O–H groups in total. The highest BCUT2D eigenvalue weighted by Crippen LogP contribution is 2.29. The van der Waals surface area contributed by atoms with Crippen LogP contribution in [0.1, 0.15) is 11.5 Å². The SMILES string of the molecule is Cc1oc(-c2cccc3ccccc23)nc1CN1CCOCC1. The van der Waals surface area contributed by atoms with E-state index < -0.39 is 0 Å². The van der Waals surface area contributed by atoms with Gasteiger partial charge in [0.15, 0.2) is 0 Å². The Balaban J connectivity index is 1.68. The van der Waals surface area contributed by atoms with Gasteiger partial charge in [0.1, 0.15) is 5.76 Å². The van der Waals surface area contributed by atoms with Crippen molar-refractivity contribution in [1.29, 1.82) is 0 Å². The Hall–Kier alpha value is -2.17. The third-order valence-electron chi connectivity index (χ3n) is 4.39. The van der Waals surface area contributed by atoms with Crippen LogP contribution in [-0.2, 0) is 11.3 Å². The molecule has 1 aliphatic heterocycles. The fraction of sp³-hybridized carbons (Fsp3) is 0.316. The minimum atomic E-state index is 0.711. The Morgan fingerprint density at radius 1 is 1.04 bits per heavy atom. The molecule has 4 nitrogen and oxygen atoms in total. The van der Waals surface area contributed by atoms with Crippen LogP contribution in [0.2, 0.25) is 0 Å². The van der Waals surface area contributed by atoms with E-state index in [0.29, 0.717) is 5.89 Å². The molecule has 4 rings (SSSR count). The Labute approximate surface area is 135 Å². The van der Waals surface area contributed by atoms with Crippen LogP contribution in [0.25, 0.3) is 22.2 Å². The second-order valence-corrected chi connectivity index (χ2v) is 5.94. The first-order valence-corrected chi connectivity index (χ1v) is 8.06. The summed E-state index contributed by atoms with van der Waals surface area (Å²) < 4.78 is 11.4. The molecule has 0 bridgehead atoms. The van der Waals surface area contributed by atoms with Crippen LogP contribution in [0.15, 0.2) is 46.9 Å². The van der Waals surface area contributed by atoms with Crippen molar-refractivity contribution in [2.24, 2.45) is 0 Å². The Bertz CT molecular complexity index is 814. The fourth-order valence-corrected chi connectivity index (χ4v) is 3.07. The van der Waals surface area contributed by atoms with Gasteiger partial charge in [0.05, 0.1) is 18.9 Å². The molecule has 1 saturated heterocycles. The lowest BCUT2D eigenvalue weighted by atomic mass is 10.0. The highest BCUT2D eigenvalue weighted by atomic mass is 16.5. The maximum atomic E-state index is 5.98. The van der Waals surface area contributed by atoms with E-state index in [-0.39, 0.29) is 0 Å². The highest BCUT2D eigenvalue weighted by Gasteiger charge is 2.17. The minimum Gasteiger partial charge on any atom is -0.441 e. The van der Waals surface area contributed by atoms with Crippen LogP contribution in [-0.4, -0.2) is 36.2 Å². The highest BCUT2D eigenvalue weighted by molar-refractivity contribution is 5.94. The standard InChI is InChI=1S/C19H20N2O2/c1-14-18(13-21-9-11-22-12-10-21)20-19(23-14)17-8-4-6-15-5-2-3-7-16(15)17/h2-8H,9-13H2,1H3. The van der Waals surface area contributed by atoms with Gasteiger partial charge >= 0.3 is 0 Å². The number of hydrogen-bond donors (Lipinski definition) is 0. The van der Waals surface area contributed by atoms with Gasteiger partial charge in [-0.1, -0.05) is 36.4 Å². The first kappa shape index (κ1) is 14.4. The molecule has 0 aliphatic carbocycles. The van der Waals surface area contributed by atoms with Crippen LogP contribution in [0.5, 0.6) is 0 Å². The Morgan fingerprint density at radius 2 is 1.83 bits per heavy atom. The summed E-state index contributed by atoms with van der Waals surface area (Å²) in [6.07, 6.45) is 0. The van der Waals surface area contributed by atoms with Gasteiger partial charge in [0.25, 0.3) is 0 Å². The molecule has 118 valence electrons. The van der Waals surface area contributed by atoms with Crippen LogP contribution in [0.4, 0.5) is 0 Å². The van der Waals surface area contributed by atoms with E-state index in [2.05, 4.69) is 47.4 Å². The molecule has 1 aliphatic rings. The van der Waals surface area contributed by atoms with Gasteiger partial charge in [-0.3, -0.25) is 4.90 Å². The van der Waals surface area contributed by atoms with E-state index in [1.54, 1.807) is 0 Å². The zero-order chi connectivity index (χ0) is 15.6. The molecule has 2 aromatic carbocycles. The number of aryl methyl sites for hydroxylation is 1. The largest absolute Gasteiger partial charge is 0.441 e. The van der Waals surface area contributed by atoms with Crippen molar-refractivity contribution in [3.05, 3.63) is 53.9 Å². The van der Waals surface area contributed by atoms with Crippen molar-refractivity contribution < 1.29 is 9.15 Å². The van der Waals surface area contributed by atoms with E-state index >= 15 is 0 Å². The molecule has 0 radical (unpaired) electrons. The topological polar surface area (TPSA) is 38.5 Å². The molecule has 0 atom stereocenters. The van der Waals surface area contributed by atoms with Gasteiger partial charge in [-0.15, -0.1) is 0 Å². The maximum Gasteiger partial charge on any atom is 0.227 e. The number of fused-ring (bicyclic) bond motifs is 1. The second kappa shape index (κ2) is 6.14. The summed E-state index contributed by atoms with van der Waals surface area (Å²) in [7, 11) is 0. The summed E-state index contributed by atoms with van der Waals surface area (Å²) in [5.41, 5.74) is 2.08. The van der Waals surface area contributed by atoms with Crippen molar-refractivity contribution in [2.45, 2.75) is 13.5 Å². The lowest BCUT2D eigenvalue weighted by molar-refractivity contribution is 0.0335. The van der Waals surface area contributed by atoms with E-state index in [4.69, 9.17) is 14.1 Å². The molecular formula is C19H20N2O2. The van der Waals surface area contributed by atoms with Gasteiger partial charge in [0.2, 0.25) is 5.89 Å². The quantitative estimate of drug-likeness (QED) is 0.740. The third kappa shape index (κ3) is 2.87. The van der Waals surface area contributed by atoms with Gasteiger partial charge in [0, 0.05) is 25.2 Å². The van der Waals surface area contributed by atoms with Crippen molar-refractivity contribution in [3.63, 3.8) is 0 Å². The number of morpholine rings is 1. The molecule has 2 heterocycles. The summed E-state index contributed by atoms with van der Waals surface area (Å²) in [5.74, 6) is 1.61. The van der Waals surface area contributed by atoms with Crippen molar-refractivity contribution in [1.82, 2.24) is 9.88 Å². The average molecular weight is 308 g/mol.